The Morgan fingerprint density at radius 2 is 1.71 bits per heavy atom. The molecule has 1 fully saturated rings. The first kappa shape index (κ1) is 20.1. The van der Waals surface area contributed by atoms with E-state index in [-0.39, 0.29) is 34.7 Å². The van der Waals surface area contributed by atoms with E-state index in [2.05, 4.69) is 10.0 Å². The molecule has 7 nitrogen and oxygen atoms in total. The number of carbonyl (C=O) groups excluding carboxylic acids is 1. The third kappa shape index (κ3) is 4.11. The molecule has 28 heavy (non-hydrogen) atoms. The monoisotopic (exact) mass is 415 g/mol. The summed E-state index contributed by atoms with van der Waals surface area (Å²) in [6.45, 7) is 0. The summed E-state index contributed by atoms with van der Waals surface area (Å²) in [7, 11) is -4.06. The van der Waals surface area contributed by atoms with Gasteiger partial charge in [0, 0.05) is 29.4 Å². The molecule has 1 saturated carbocycles. The van der Waals surface area contributed by atoms with Gasteiger partial charge in [0.1, 0.15) is 4.90 Å². The van der Waals surface area contributed by atoms with Gasteiger partial charge in [-0.05, 0) is 31.0 Å². The standard InChI is InChI=1S/C17H16F3N3O4S/c18-12-6-9(7-13(19)16(12)20)22-17(25)8-1-2-14(21)15(3-8)28(26,27)23-10-4-11(24)5-10/h1-3,6-7,10-11,23-24H,4-5,21H2,(H,22,25). The number of halogens is 3. The molecule has 5 N–H and O–H groups in total. The molecular formula is C17H16F3N3O4S. The van der Waals surface area contributed by atoms with Crippen molar-refractivity contribution in [2.75, 3.05) is 11.1 Å². The van der Waals surface area contributed by atoms with Gasteiger partial charge < -0.3 is 16.2 Å². The molecule has 0 saturated heterocycles. The minimum absolute atomic E-state index is 0.109. The predicted molar refractivity (Wildman–Crippen MR) is 94.5 cm³/mol. The largest absolute Gasteiger partial charge is 0.398 e. The van der Waals surface area contributed by atoms with Crippen LogP contribution in [0.4, 0.5) is 24.5 Å². The minimum atomic E-state index is -4.06. The van der Waals surface area contributed by atoms with Crippen LogP contribution in [-0.2, 0) is 10.0 Å². The highest BCUT2D eigenvalue weighted by Gasteiger charge is 2.32. The summed E-state index contributed by atoms with van der Waals surface area (Å²) >= 11 is 0. The molecule has 1 aliphatic carbocycles. The van der Waals surface area contributed by atoms with E-state index in [1.54, 1.807) is 0 Å². The van der Waals surface area contributed by atoms with Crippen molar-refractivity contribution >= 4 is 27.3 Å². The van der Waals surface area contributed by atoms with E-state index in [1.165, 1.54) is 12.1 Å². The maximum absolute atomic E-state index is 13.3. The Labute approximate surface area is 158 Å². The molecule has 0 spiro atoms. The van der Waals surface area contributed by atoms with Crippen molar-refractivity contribution in [2.45, 2.75) is 29.9 Å². The number of nitrogen functional groups attached to an aromatic ring is 1. The van der Waals surface area contributed by atoms with E-state index in [0.29, 0.717) is 12.1 Å². The summed E-state index contributed by atoms with van der Waals surface area (Å²) in [5.74, 6) is -5.52. The lowest BCUT2D eigenvalue weighted by molar-refractivity contribution is 0.0712. The Bertz CT molecular complexity index is 1020. The van der Waals surface area contributed by atoms with Gasteiger partial charge in [-0.1, -0.05) is 0 Å². The fraction of sp³-hybridized carbons (Fsp3) is 0.235. The molecule has 2 aromatic carbocycles. The van der Waals surface area contributed by atoms with Gasteiger partial charge in [-0.2, -0.15) is 0 Å². The van der Waals surface area contributed by atoms with Crippen molar-refractivity contribution < 1.29 is 31.5 Å². The highest BCUT2D eigenvalue weighted by atomic mass is 32.2. The Balaban J connectivity index is 1.83. The van der Waals surface area contributed by atoms with Crippen LogP contribution in [0.3, 0.4) is 0 Å². The lowest BCUT2D eigenvalue weighted by atomic mass is 9.91. The number of sulfonamides is 1. The van der Waals surface area contributed by atoms with Crippen LogP contribution < -0.4 is 15.8 Å². The topological polar surface area (TPSA) is 122 Å². The number of amides is 1. The summed E-state index contributed by atoms with van der Waals surface area (Å²) in [6, 6.07) is 4.18. The van der Waals surface area contributed by atoms with E-state index < -0.39 is 45.5 Å². The van der Waals surface area contributed by atoms with Crippen LogP contribution in [0, 0.1) is 17.5 Å². The highest BCUT2D eigenvalue weighted by molar-refractivity contribution is 7.89. The van der Waals surface area contributed by atoms with Crippen LogP contribution in [-0.4, -0.2) is 31.6 Å². The average molecular weight is 415 g/mol. The minimum Gasteiger partial charge on any atom is -0.398 e. The van der Waals surface area contributed by atoms with Gasteiger partial charge >= 0.3 is 0 Å². The number of anilines is 2. The number of carbonyl (C=O) groups is 1. The molecule has 0 atom stereocenters. The summed E-state index contributed by atoms with van der Waals surface area (Å²) in [6.07, 6.45) is -0.0409. The number of benzene rings is 2. The quantitative estimate of drug-likeness (QED) is 0.438. The fourth-order valence-corrected chi connectivity index (χ4v) is 4.12. The van der Waals surface area contributed by atoms with Gasteiger partial charge in [0.2, 0.25) is 10.0 Å². The van der Waals surface area contributed by atoms with E-state index in [1.807, 2.05) is 0 Å². The normalized spacial score (nSPS) is 19.1. The molecule has 0 bridgehead atoms. The number of hydrogen-bond acceptors (Lipinski definition) is 5. The zero-order valence-corrected chi connectivity index (χ0v) is 15.1. The third-order valence-electron chi connectivity index (χ3n) is 4.24. The lowest BCUT2D eigenvalue weighted by Gasteiger charge is -2.31. The molecule has 0 aromatic heterocycles. The van der Waals surface area contributed by atoms with Gasteiger partial charge in [0.05, 0.1) is 11.8 Å². The number of nitrogens with two attached hydrogens (primary N) is 1. The molecule has 1 amide bonds. The number of aliphatic hydroxyl groups is 1. The number of rotatable bonds is 5. The molecule has 0 radical (unpaired) electrons. The van der Waals surface area contributed by atoms with Gasteiger partial charge in [0.25, 0.3) is 5.91 Å². The van der Waals surface area contributed by atoms with Crippen LogP contribution in [0.2, 0.25) is 0 Å². The summed E-state index contributed by atoms with van der Waals surface area (Å²) < 4.78 is 66.9. The molecule has 150 valence electrons. The first-order valence-electron chi connectivity index (χ1n) is 8.12. The first-order chi connectivity index (χ1) is 13.1. The van der Waals surface area contributed by atoms with Crippen molar-refractivity contribution in [3.8, 4) is 0 Å². The molecule has 11 heteroatoms. The van der Waals surface area contributed by atoms with Crippen molar-refractivity contribution in [3.63, 3.8) is 0 Å². The second kappa shape index (κ2) is 7.41. The summed E-state index contributed by atoms with van der Waals surface area (Å²) in [5, 5.41) is 11.4. The molecule has 0 unspecified atom stereocenters. The van der Waals surface area contributed by atoms with Gasteiger partial charge in [-0.3, -0.25) is 4.79 Å². The second-order valence-corrected chi connectivity index (χ2v) is 8.09. The number of nitrogens with one attached hydrogen (secondary N) is 2. The maximum Gasteiger partial charge on any atom is 0.255 e. The molecule has 0 aliphatic heterocycles. The molecule has 0 heterocycles. The zero-order chi connectivity index (χ0) is 20.6. The van der Waals surface area contributed by atoms with Crippen molar-refractivity contribution in [1.82, 2.24) is 4.72 Å². The first-order valence-corrected chi connectivity index (χ1v) is 9.61. The molecule has 1 aliphatic rings. The van der Waals surface area contributed by atoms with Crippen LogP contribution in [0.15, 0.2) is 35.2 Å². The van der Waals surface area contributed by atoms with Crippen LogP contribution in [0.1, 0.15) is 23.2 Å². The predicted octanol–water partition coefficient (Wildman–Crippen LogP) is 1.74. The van der Waals surface area contributed by atoms with E-state index >= 15 is 0 Å². The smallest absolute Gasteiger partial charge is 0.255 e. The van der Waals surface area contributed by atoms with E-state index in [0.717, 1.165) is 6.07 Å². The van der Waals surface area contributed by atoms with E-state index in [9.17, 15) is 31.5 Å². The van der Waals surface area contributed by atoms with Crippen molar-refractivity contribution in [3.05, 3.63) is 53.3 Å². The molecular weight excluding hydrogens is 399 g/mol. The molecule has 2 aromatic rings. The van der Waals surface area contributed by atoms with Crippen molar-refractivity contribution in [2.24, 2.45) is 0 Å². The maximum atomic E-state index is 13.3. The Kier molecular flexibility index (Phi) is 5.33. The van der Waals surface area contributed by atoms with Gasteiger partial charge in [-0.25, -0.2) is 26.3 Å². The summed E-state index contributed by atoms with van der Waals surface area (Å²) in [5.41, 5.74) is 5.11. The molecule has 3 rings (SSSR count). The van der Waals surface area contributed by atoms with Gasteiger partial charge in [-0.15, -0.1) is 0 Å². The number of aliphatic hydroxyl groups excluding tert-OH is 1. The van der Waals surface area contributed by atoms with E-state index in [4.69, 9.17) is 5.73 Å². The average Bonchev–Trinajstić information content (AvgIpc) is 2.58. The van der Waals surface area contributed by atoms with Crippen LogP contribution in [0.5, 0.6) is 0 Å². The third-order valence-corrected chi connectivity index (χ3v) is 5.82. The lowest BCUT2D eigenvalue weighted by Crippen LogP contribution is -2.46. The summed E-state index contributed by atoms with van der Waals surface area (Å²) in [4.78, 5) is 12.0. The van der Waals surface area contributed by atoms with Crippen LogP contribution in [0.25, 0.3) is 0 Å². The second-order valence-electron chi connectivity index (χ2n) is 6.40. The Morgan fingerprint density at radius 3 is 2.29 bits per heavy atom. The SMILES string of the molecule is Nc1ccc(C(=O)Nc2cc(F)c(F)c(F)c2)cc1S(=O)(=O)NC1CC(O)C1. The highest BCUT2D eigenvalue weighted by Crippen LogP contribution is 2.26. The Hall–Kier alpha value is -2.63. The van der Waals surface area contributed by atoms with Crippen LogP contribution >= 0.6 is 0 Å². The fourth-order valence-electron chi connectivity index (χ4n) is 2.71. The number of hydrogen-bond donors (Lipinski definition) is 4. The zero-order valence-electron chi connectivity index (χ0n) is 14.2. The Morgan fingerprint density at radius 1 is 1.11 bits per heavy atom. The van der Waals surface area contributed by atoms with Gasteiger partial charge in [0.15, 0.2) is 17.5 Å². The van der Waals surface area contributed by atoms with Crippen molar-refractivity contribution in [1.29, 1.82) is 0 Å².